The van der Waals surface area contributed by atoms with E-state index in [1.165, 1.54) is 6.07 Å². The predicted molar refractivity (Wildman–Crippen MR) is 57.5 cm³/mol. The van der Waals surface area contributed by atoms with E-state index < -0.39 is 11.6 Å². The van der Waals surface area contributed by atoms with Gasteiger partial charge in [0.15, 0.2) is 0 Å². The molecular weight excluding hydrogens is 196 g/mol. The first kappa shape index (κ1) is 12.1. The fraction of sp³-hybridized carbons (Fsp3) is 0.500. The molecular formula is C12H17F2N. The monoisotopic (exact) mass is 213 g/mol. The summed E-state index contributed by atoms with van der Waals surface area (Å²) in [5, 5.41) is 0. The summed E-state index contributed by atoms with van der Waals surface area (Å²) in [5.41, 5.74) is 6.69. The summed E-state index contributed by atoms with van der Waals surface area (Å²) < 4.78 is 26.4. The number of benzene rings is 1. The molecule has 0 saturated heterocycles. The van der Waals surface area contributed by atoms with Crippen LogP contribution in [0.15, 0.2) is 12.1 Å². The minimum absolute atomic E-state index is 0.357. The maximum atomic E-state index is 13.4. The van der Waals surface area contributed by atoms with Crippen LogP contribution >= 0.6 is 0 Å². The summed E-state index contributed by atoms with van der Waals surface area (Å²) in [6.45, 7) is 5.66. The van der Waals surface area contributed by atoms with Crippen molar-refractivity contribution in [1.82, 2.24) is 0 Å². The van der Waals surface area contributed by atoms with E-state index in [0.29, 0.717) is 23.5 Å². The standard InChI is InChI=1S/C12H17F2N/c1-7(2)4-12(15)9-5-8(3)10(13)6-11(9)14/h5-7,12H,4,15H2,1-3H3. The molecule has 0 fully saturated rings. The summed E-state index contributed by atoms with van der Waals surface area (Å²) in [6, 6.07) is 2.05. The molecule has 0 aliphatic heterocycles. The molecule has 0 radical (unpaired) electrons. The molecule has 3 heteroatoms. The first-order valence-corrected chi connectivity index (χ1v) is 5.13. The van der Waals surface area contributed by atoms with E-state index in [9.17, 15) is 8.78 Å². The first-order chi connectivity index (χ1) is 6.91. The lowest BCUT2D eigenvalue weighted by atomic mass is 9.96. The highest BCUT2D eigenvalue weighted by Gasteiger charge is 2.15. The second-order valence-electron chi connectivity index (χ2n) is 4.36. The van der Waals surface area contributed by atoms with E-state index in [0.717, 1.165) is 6.07 Å². The third-order valence-electron chi connectivity index (χ3n) is 2.40. The maximum Gasteiger partial charge on any atom is 0.130 e. The molecule has 1 atom stereocenters. The summed E-state index contributed by atoms with van der Waals surface area (Å²) in [7, 11) is 0. The van der Waals surface area contributed by atoms with Gasteiger partial charge in [0.25, 0.3) is 0 Å². The van der Waals surface area contributed by atoms with Gasteiger partial charge >= 0.3 is 0 Å². The van der Waals surface area contributed by atoms with Gasteiger partial charge in [-0.15, -0.1) is 0 Å². The molecule has 0 aromatic heterocycles. The molecule has 1 nitrogen and oxygen atoms in total. The minimum atomic E-state index is -0.550. The molecule has 1 aromatic carbocycles. The number of aryl methyl sites for hydroxylation is 1. The second kappa shape index (κ2) is 4.71. The Morgan fingerprint density at radius 3 is 2.33 bits per heavy atom. The molecule has 1 aromatic rings. The fourth-order valence-corrected chi connectivity index (χ4v) is 1.60. The van der Waals surface area contributed by atoms with Gasteiger partial charge < -0.3 is 5.73 Å². The quantitative estimate of drug-likeness (QED) is 0.819. The Labute approximate surface area is 89.3 Å². The van der Waals surface area contributed by atoms with E-state index in [2.05, 4.69) is 0 Å². The van der Waals surface area contributed by atoms with Crippen molar-refractivity contribution in [2.45, 2.75) is 33.2 Å². The zero-order chi connectivity index (χ0) is 11.6. The van der Waals surface area contributed by atoms with E-state index >= 15 is 0 Å². The van der Waals surface area contributed by atoms with Gasteiger partial charge in [0.1, 0.15) is 11.6 Å². The molecule has 0 aliphatic carbocycles. The van der Waals surface area contributed by atoms with E-state index in [1.807, 2.05) is 13.8 Å². The van der Waals surface area contributed by atoms with Gasteiger partial charge in [0.05, 0.1) is 0 Å². The lowest BCUT2D eigenvalue weighted by Gasteiger charge is -2.16. The largest absolute Gasteiger partial charge is 0.324 e. The van der Waals surface area contributed by atoms with Crippen LogP contribution in [0.25, 0.3) is 0 Å². The van der Waals surface area contributed by atoms with Gasteiger partial charge in [0, 0.05) is 17.7 Å². The highest BCUT2D eigenvalue weighted by Crippen LogP contribution is 2.23. The molecule has 0 saturated carbocycles. The van der Waals surface area contributed by atoms with Crippen LogP contribution in [0.3, 0.4) is 0 Å². The number of hydrogen-bond donors (Lipinski definition) is 1. The van der Waals surface area contributed by atoms with Crippen molar-refractivity contribution in [3.63, 3.8) is 0 Å². The van der Waals surface area contributed by atoms with Gasteiger partial charge in [0.2, 0.25) is 0 Å². The highest BCUT2D eigenvalue weighted by atomic mass is 19.1. The Kier molecular flexibility index (Phi) is 3.80. The third-order valence-corrected chi connectivity index (χ3v) is 2.40. The van der Waals surface area contributed by atoms with E-state index in [1.54, 1.807) is 6.92 Å². The summed E-state index contributed by atoms with van der Waals surface area (Å²) in [6.07, 6.45) is 0.696. The average molecular weight is 213 g/mol. The Morgan fingerprint density at radius 1 is 1.20 bits per heavy atom. The lowest BCUT2D eigenvalue weighted by Crippen LogP contribution is -2.15. The third kappa shape index (κ3) is 2.99. The molecule has 2 N–H and O–H groups in total. The van der Waals surface area contributed by atoms with Crippen molar-refractivity contribution in [2.24, 2.45) is 11.7 Å². The number of halogens is 2. The first-order valence-electron chi connectivity index (χ1n) is 5.13. The van der Waals surface area contributed by atoms with Crippen LogP contribution in [-0.4, -0.2) is 0 Å². The number of hydrogen-bond acceptors (Lipinski definition) is 1. The van der Waals surface area contributed by atoms with Gasteiger partial charge in [-0.05, 0) is 30.9 Å². The molecule has 0 spiro atoms. The zero-order valence-corrected chi connectivity index (χ0v) is 9.35. The van der Waals surface area contributed by atoms with Crippen LogP contribution in [0.2, 0.25) is 0 Å². The number of nitrogens with two attached hydrogens (primary N) is 1. The summed E-state index contributed by atoms with van der Waals surface area (Å²) in [4.78, 5) is 0. The SMILES string of the molecule is Cc1cc(C(N)CC(C)C)c(F)cc1F. The molecule has 0 heterocycles. The Hall–Kier alpha value is -0.960. The normalized spacial score (nSPS) is 13.3. The maximum absolute atomic E-state index is 13.4. The molecule has 1 unspecified atom stereocenters. The van der Waals surface area contributed by atoms with Crippen molar-refractivity contribution in [1.29, 1.82) is 0 Å². The van der Waals surface area contributed by atoms with Gasteiger partial charge in [-0.2, -0.15) is 0 Å². The van der Waals surface area contributed by atoms with Crippen LogP contribution in [-0.2, 0) is 0 Å². The predicted octanol–water partition coefficient (Wildman–Crippen LogP) is 3.32. The van der Waals surface area contributed by atoms with Crippen molar-refractivity contribution in [2.75, 3.05) is 0 Å². The van der Waals surface area contributed by atoms with Crippen LogP contribution in [0.1, 0.15) is 37.4 Å². The van der Waals surface area contributed by atoms with Crippen LogP contribution in [0, 0.1) is 24.5 Å². The van der Waals surface area contributed by atoms with E-state index in [4.69, 9.17) is 5.73 Å². The van der Waals surface area contributed by atoms with Crippen molar-refractivity contribution < 1.29 is 8.78 Å². The van der Waals surface area contributed by atoms with Gasteiger partial charge in [-0.25, -0.2) is 8.78 Å². The lowest BCUT2D eigenvalue weighted by molar-refractivity contribution is 0.484. The van der Waals surface area contributed by atoms with Gasteiger partial charge in [-0.1, -0.05) is 13.8 Å². The Balaban J connectivity index is 2.98. The van der Waals surface area contributed by atoms with Gasteiger partial charge in [-0.3, -0.25) is 0 Å². The Bertz CT molecular complexity index is 348. The molecule has 0 bridgehead atoms. The molecule has 84 valence electrons. The zero-order valence-electron chi connectivity index (χ0n) is 9.35. The molecule has 0 aliphatic rings. The second-order valence-corrected chi connectivity index (χ2v) is 4.36. The topological polar surface area (TPSA) is 26.0 Å². The Morgan fingerprint density at radius 2 is 1.80 bits per heavy atom. The molecule has 15 heavy (non-hydrogen) atoms. The average Bonchev–Trinajstić information content (AvgIpc) is 2.09. The van der Waals surface area contributed by atoms with E-state index in [-0.39, 0.29) is 6.04 Å². The fourth-order valence-electron chi connectivity index (χ4n) is 1.60. The highest BCUT2D eigenvalue weighted by molar-refractivity contribution is 5.28. The number of rotatable bonds is 3. The minimum Gasteiger partial charge on any atom is -0.324 e. The molecule has 1 rings (SSSR count). The molecule has 0 amide bonds. The van der Waals surface area contributed by atoms with Crippen LogP contribution < -0.4 is 5.73 Å². The smallest absolute Gasteiger partial charge is 0.130 e. The van der Waals surface area contributed by atoms with Crippen LogP contribution in [0.5, 0.6) is 0 Å². The summed E-state index contributed by atoms with van der Waals surface area (Å²) >= 11 is 0. The van der Waals surface area contributed by atoms with Crippen LogP contribution in [0.4, 0.5) is 8.78 Å². The van der Waals surface area contributed by atoms with Crippen molar-refractivity contribution in [3.8, 4) is 0 Å². The van der Waals surface area contributed by atoms with Crippen molar-refractivity contribution in [3.05, 3.63) is 34.9 Å². The summed E-state index contributed by atoms with van der Waals surface area (Å²) in [5.74, 6) is -0.677. The van der Waals surface area contributed by atoms with Crippen molar-refractivity contribution >= 4 is 0 Å².